The van der Waals surface area contributed by atoms with E-state index in [1.54, 1.807) is 18.3 Å². The third-order valence-electron chi connectivity index (χ3n) is 4.28. The molecule has 0 saturated carbocycles. The van der Waals surface area contributed by atoms with Gasteiger partial charge in [0.05, 0.1) is 0 Å². The lowest BCUT2D eigenvalue weighted by Crippen LogP contribution is -2.44. The molecule has 0 bridgehead atoms. The molecule has 3 rings (SSSR count). The molecule has 24 heavy (non-hydrogen) atoms. The number of carbonyl (C=O) groups excluding carboxylic acids is 1. The van der Waals surface area contributed by atoms with E-state index in [1.807, 2.05) is 25.1 Å². The molecule has 126 valence electrons. The molecule has 1 N–H and O–H groups in total. The second kappa shape index (κ2) is 7.20. The summed E-state index contributed by atoms with van der Waals surface area (Å²) in [4.78, 5) is 21.3. The van der Waals surface area contributed by atoms with E-state index in [2.05, 4.69) is 27.1 Å². The number of hydrogen-bond acceptors (Lipinski definition) is 4. The minimum absolute atomic E-state index is 0.212. The van der Waals surface area contributed by atoms with Gasteiger partial charge in [0, 0.05) is 48.8 Å². The number of anilines is 2. The molecule has 0 atom stereocenters. The molecule has 0 radical (unpaired) electrons. The van der Waals surface area contributed by atoms with E-state index in [-0.39, 0.29) is 5.91 Å². The highest BCUT2D eigenvalue weighted by Gasteiger charge is 2.16. The van der Waals surface area contributed by atoms with Gasteiger partial charge in [-0.2, -0.15) is 0 Å². The van der Waals surface area contributed by atoms with Crippen LogP contribution in [0.1, 0.15) is 16.1 Å². The van der Waals surface area contributed by atoms with Crippen LogP contribution in [0, 0.1) is 6.92 Å². The van der Waals surface area contributed by atoms with Crippen LogP contribution in [0.5, 0.6) is 0 Å². The van der Waals surface area contributed by atoms with Crippen molar-refractivity contribution in [3.63, 3.8) is 0 Å². The minimum atomic E-state index is -0.212. The predicted molar refractivity (Wildman–Crippen MR) is 98.1 cm³/mol. The Morgan fingerprint density at radius 1 is 1.17 bits per heavy atom. The number of rotatable bonds is 3. The van der Waals surface area contributed by atoms with Gasteiger partial charge in [-0.15, -0.1) is 0 Å². The Balaban J connectivity index is 1.74. The first-order chi connectivity index (χ1) is 11.5. The minimum Gasteiger partial charge on any atom is -0.369 e. The lowest BCUT2D eigenvalue weighted by Gasteiger charge is -2.34. The number of nitrogens with zero attached hydrogens (tertiary/aromatic N) is 3. The fourth-order valence-corrected chi connectivity index (χ4v) is 2.99. The molecule has 0 spiro atoms. The standard InChI is InChI=1S/C18H21ClN4O/c1-13-11-14(19)3-4-16(13)21-18(24)17-12-15(5-6-20-17)23-9-7-22(2)8-10-23/h3-6,11-12H,7-10H2,1-2H3,(H,21,24). The van der Waals surface area contributed by atoms with Crippen molar-refractivity contribution in [2.75, 3.05) is 43.4 Å². The van der Waals surface area contributed by atoms with E-state index in [4.69, 9.17) is 11.6 Å². The molecule has 1 saturated heterocycles. The molecule has 1 aliphatic rings. The first-order valence-electron chi connectivity index (χ1n) is 8.00. The van der Waals surface area contributed by atoms with Gasteiger partial charge in [0.25, 0.3) is 5.91 Å². The van der Waals surface area contributed by atoms with Crippen LogP contribution in [0.4, 0.5) is 11.4 Å². The molecule has 6 heteroatoms. The average Bonchev–Trinajstić information content (AvgIpc) is 2.58. The van der Waals surface area contributed by atoms with Crippen molar-refractivity contribution in [2.24, 2.45) is 0 Å². The van der Waals surface area contributed by atoms with E-state index in [1.165, 1.54) is 0 Å². The molecule has 1 amide bonds. The SMILES string of the molecule is Cc1cc(Cl)ccc1NC(=O)c1cc(N2CCN(C)CC2)ccn1. The van der Waals surface area contributed by atoms with Gasteiger partial charge in [0.15, 0.2) is 0 Å². The Morgan fingerprint density at radius 3 is 2.62 bits per heavy atom. The largest absolute Gasteiger partial charge is 0.369 e. The second-order valence-corrected chi connectivity index (χ2v) is 6.54. The lowest BCUT2D eigenvalue weighted by atomic mass is 10.2. The Kier molecular flexibility index (Phi) is 5.02. The number of likely N-dealkylation sites (N-methyl/N-ethyl adjacent to an activating group) is 1. The Hall–Kier alpha value is -2.11. The maximum Gasteiger partial charge on any atom is 0.274 e. The van der Waals surface area contributed by atoms with Crippen LogP contribution in [0.2, 0.25) is 5.02 Å². The average molecular weight is 345 g/mol. The second-order valence-electron chi connectivity index (χ2n) is 6.10. The lowest BCUT2D eigenvalue weighted by molar-refractivity contribution is 0.102. The van der Waals surface area contributed by atoms with Crippen molar-refractivity contribution in [1.29, 1.82) is 0 Å². The van der Waals surface area contributed by atoms with Crippen molar-refractivity contribution in [3.8, 4) is 0 Å². The van der Waals surface area contributed by atoms with E-state index in [0.717, 1.165) is 43.1 Å². The Bertz CT molecular complexity index is 742. The number of pyridine rings is 1. The summed E-state index contributed by atoms with van der Waals surface area (Å²) in [6.07, 6.45) is 1.69. The summed E-state index contributed by atoms with van der Waals surface area (Å²) < 4.78 is 0. The van der Waals surface area contributed by atoms with Crippen molar-refractivity contribution >= 4 is 28.9 Å². The molecular formula is C18H21ClN4O. The summed E-state index contributed by atoms with van der Waals surface area (Å²) >= 11 is 5.95. The number of piperazine rings is 1. The van der Waals surface area contributed by atoms with Crippen LogP contribution >= 0.6 is 11.6 Å². The van der Waals surface area contributed by atoms with Gasteiger partial charge in [0.2, 0.25) is 0 Å². The number of aryl methyl sites for hydroxylation is 1. The summed E-state index contributed by atoms with van der Waals surface area (Å²) in [5.41, 5.74) is 3.12. The predicted octanol–water partition coefficient (Wildman–Crippen LogP) is 3.05. The zero-order valence-electron chi connectivity index (χ0n) is 13.9. The molecule has 1 fully saturated rings. The fourth-order valence-electron chi connectivity index (χ4n) is 2.76. The number of benzene rings is 1. The molecular weight excluding hydrogens is 324 g/mol. The van der Waals surface area contributed by atoms with Gasteiger partial charge in [0.1, 0.15) is 5.69 Å². The topological polar surface area (TPSA) is 48.5 Å². The van der Waals surface area contributed by atoms with Crippen LogP contribution in [0.15, 0.2) is 36.5 Å². The number of amides is 1. The highest BCUT2D eigenvalue weighted by atomic mass is 35.5. The van der Waals surface area contributed by atoms with Gasteiger partial charge < -0.3 is 15.1 Å². The quantitative estimate of drug-likeness (QED) is 0.929. The third kappa shape index (κ3) is 3.86. The maximum absolute atomic E-state index is 12.5. The Labute approximate surface area is 147 Å². The van der Waals surface area contributed by atoms with Gasteiger partial charge >= 0.3 is 0 Å². The normalized spacial score (nSPS) is 15.4. The molecule has 5 nitrogen and oxygen atoms in total. The van der Waals surface area contributed by atoms with Crippen LogP contribution in [0.3, 0.4) is 0 Å². The van der Waals surface area contributed by atoms with E-state index >= 15 is 0 Å². The maximum atomic E-state index is 12.5. The number of halogens is 1. The van der Waals surface area contributed by atoms with Crippen LogP contribution in [-0.4, -0.2) is 49.0 Å². The van der Waals surface area contributed by atoms with Crippen molar-refractivity contribution in [1.82, 2.24) is 9.88 Å². The fraction of sp³-hybridized carbons (Fsp3) is 0.333. The monoisotopic (exact) mass is 344 g/mol. The molecule has 1 aromatic heterocycles. The van der Waals surface area contributed by atoms with Gasteiger partial charge in [-0.05, 0) is 49.9 Å². The molecule has 0 aliphatic carbocycles. The van der Waals surface area contributed by atoms with Crippen LogP contribution in [0.25, 0.3) is 0 Å². The summed E-state index contributed by atoms with van der Waals surface area (Å²) in [7, 11) is 2.12. The third-order valence-corrected chi connectivity index (χ3v) is 4.52. The van der Waals surface area contributed by atoms with Crippen molar-refractivity contribution in [3.05, 3.63) is 52.8 Å². The summed E-state index contributed by atoms with van der Waals surface area (Å²) in [6.45, 7) is 5.87. The molecule has 2 aromatic rings. The van der Waals surface area contributed by atoms with Crippen molar-refractivity contribution < 1.29 is 4.79 Å². The van der Waals surface area contributed by atoms with E-state index < -0.39 is 0 Å². The molecule has 0 unspecified atom stereocenters. The Morgan fingerprint density at radius 2 is 1.92 bits per heavy atom. The van der Waals surface area contributed by atoms with Gasteiger partial charge in [-0.25, -0.2) is 0 Å². The van der Waals surface area contributed by atoms with E-state index in [9.17, 15) is 4.79 Å². The first kappa shape index (κ1) is 16.7. The number of carbonyl (C=O) groups is 1. The van der Waals surface area contributed by atoms with Gasteiger partial charge in [-0.3, -0.25) is 9.78 Å². The summed E-state index contributed by atoms with van der Waals surface area (Å²) in [5.74, 6) is -0.212. The zero-order chi connectivity index (χ0) is 17.1. The highest BCUT2D eigenvalue weighted by Crippen LogP contribution is 2.21. The molecule has 1 aliphatic heterocycles. The molecule has 1 aromatic carbocycles. The summed E-state index contributed by atoms with van der Waals surface area (Å²) in [6, 6.07) is 9.20. The summed E-state index contributed by atoms with van der Waals surface area (Å²) in [5, 5.41) is 3.56. The number of hydrogen-bond donors (Lipinski definition) is 1. The zero-order valence-corrected chi connectivity index (χ0v) is 14.7. The molecule has 2 heterocycles. The van der Waals surface area contributed by atoms with Crippen LogP contribution in [-0.2, 0) is 0 Å². The number of nitrogens with one attached hydrogen (secondary N) is 1. The van der Waals surface area contributed by atoms with Crippen molar-refractivity contribution in [2.45, 2.75) is 6.92 Å². The smallest absolute Gasteiger partial charge is 0.274 e. The van der Waals surface area contributed by atoms with Gasteiger partial charge in [-0.1, -0.05) is 11.6 Å². The highest BCUT2D eigenvalue weighted by molar-refractivity contribution is 6.30. The number of aromatic nitrogens is 1. The van der Waals surface area contributed by atoms with Crippen LogP contribution < -0.4 is 10.2 Å². The van der Waals surface area contributed by atoms with E-state index in [0.29, 0.717) is 10.7 Å². The first-order valence-corrected chi connectivity index (χ1v) is 8.38.